The second kappa shape index (κ2) is 9.89. The highest BCUT2D eigenvalue weighted by molar-refractivity contribution is 7.14. The lowest BCUT2D eigenvalue weighted by Crippen LogP contribution is -2.31. The third kappa shape index (κ3) is 5.03. The highest BCUT2D eigenvalue weighted by atomic mass is 32.1. The van der Waals surface area contributed by atoms with E-state index >= 15 is 0 Å². The van der Waals surface area contributed by atoms with E-state index in [-0.39, 0.29) is 5.91 Å². The number of amides is 1. The van der Waals surface area contributed by atoms with Crippen LogP contribution in [-0.2, 0) is 11.2 Å². The Morgan fingerprint density at radius 1 is 1.17 bits per heavy atom. The average molecular weight is 409 g/mol. The zero-order valence-electron chi connectivity index (χ0n) is 16.6. The summed E-state index contributed by atoms with van der Waals surface area (Å²) in [7, 11) is 3.24. The number of benzene rings is 2. The van der Waals surface area contributed by atoms with E-state index in [1.807, 2.05) is 53.9 Å². The highest BCUT2D eigenvalue weighted by Crippen LogP contribution is 2.29. The summed E-state index contributed by atoms with van der Waals surface area (Å²) in [6.07, 6.45) is 2.59. The molecule has 1 heterocycles. The Balaban J connectivity index is 1.75. The number of hydrogen-bond donors (Lipinski definition) is 0. The van der Waals surface area contributed by atoms with Crippen LogP contribution in [0.4, 0.5) is 5.13 Å². The third-order valence-electron chi connectivity index (χ3n) is 4.50. The fraction of sp³-hybridized carbons (Fsp3) is 0.217. The summed E-state index contributed by atoms with van der Waals surface area (Å²) in [5, 5.41) is 2.64. The Kier molecular flexibility index (Phi) is 7.03. The van der Waals surface area contributed by atoms with Crippen molar-refractivity contribution in [2.45, 2.75) is 12.8 Å². The van der Waals surface area contributed by atoms with Crippen LogP contribution in [0.2, 0.25) is 0 Å². The number of rotatable bonds is 9. The van der Waals surface area contributed by atoms with Gasteiger partial charge in [-0.05, 0) is 30.2 Å². The molecule has 6 heteroatoms. The molecular weight excluding hydrogens is 384 g/mol. The van der Waals surface area contributed by atoms with E-state index in [9.17, 15) is 4.79 Å². The first-order valence-electron chi connectivity index (χ1n) is 9.29. The second-order valence-electron chi connectivity index (χ2n) is 6.35. The van der Waals surface area contributed by atoms with E-state index in [4.69, 9.17) is 9.47 Å². The van der Waals surface area contributed by atoms with Crippen LogP contribution in [-0.4, -0.2) is 31.7 Å². The number of anilines is 1. The molecule has 0 fully saturated rings. The van der Waals surface area contributed by atoms with Crippen LogP contribution in [0.15, 0.2) is 66.6 Å². The summed E-state index contributed by atoms with van der Waals surface area (Å²) in [6, 6.07) is 15.5. The van der Waals surface area contributed by atoms with Gasteiger partial charge in [0, 0.05) is 23.9 Å². The van der Waals surface area contributed by atoms with Gasteiger partial charge >= 0.3 is 0 Å². The van der Waals surface area contributed by atoms with Crippen molar-refractivity contribution < 1.29 is 14.3 Å². The summed E-state index contributed by atoms with van der Waals surface area (Å²) < 4.78 is 10.7. The predicted octanol–water partition coefficient (Wildman–Crippen LogP) is 4.98. The van der Waals surface area contributed by atoms with Crippen LogP contribution in [0.25, 0.3) is 11.3 Å². The molecule has 0 saturated heterocycles. The standard InChI is InChI=1S/C23H24N2O3S/c1-4-14-25(23-24-20(16-29-23)17-8-6-5-7-9-17)22(26)13-10-18-15-19(27-2)11-12-21(18)28-3/h4-9,11-12,15-16H,1,10,13-14H2,2-3H3. The molecule has 0 spiro atoms. The van der Waals surface area contributed by atoms with Crippen molar-refractivity contribution in [1.29, 1.82) is 0 Å². The van der Waals surface area contributed by atoms with Gasteiger partial charge in [0.05, 0.1) is 19.9 Å². The van der Waals surface area contributed by atoms with E-state index in [0.717, 1.165) is 28.3 Å². The molecule has 3 rings (SSSR count). The van der Waals surface area contributed by atoms with Gasteiger partial charge in [-0.25, -0.2) is 4.98 Å². The molecule has 0 aliphatic heterocycles. The van der Waals surface area contributed by atoms with E-state index in [1.54, 1.807) is 25.2 Å². The zero-order valence-corrected chi connectivity index (χ0v) is 17.4. The lowest BCUT2D eigenvalue weighted by molar-refractivity contribution is -0.118. The summed E-state index contributed by atoms with van der Waals surface area (Å²) in [5.74, 6) is 1.47. The normalized spacial score (nSPS) is 10.4. The number of hydrogen-bond acceptors (Lipinski definition) is 5. The number of carbonyl (C=O) groups is 1. The Morgan fingerprint density at radius 3 is 2.66 bits per heavy atom. The van der Waals surface area contributed by atoms with Crippen molar-refractivity contribution >= 4 is 22.4 Å². The van der Waals surface area contributed by atoms with Crippen molar-refractivity contribution in [3.8, 4) is 22.8 Å². The van der Waals surface area contributed by atoms with Gasteiger partial charge in [-0.15, -0.1) is 17.9 Å². The maximum absolute atomic E-state index is 13.0. The lowest BCUT2D eigenvalue weighted by Gasteiger charge is -2.18. The molecule has 0 aliphatic rings. The number of methoxy groups -OCH3 is 2. The molecule has 0 radical (unpaired) electrons. The van der Waals surface area contributed by atoms with Gasteiger partial charge in [0.1, 0.15) is 11.5 Å². The largest absolute Gasteiger partial charge is 0.497 e. The average Bonchev–Trinajstić information content (AvgIpc) is 3.26. The van der Waals surface area contributed by atoms with Crippen LogP contribution in [0.1, 0.15) is 12.0 Å². The molecule has 5 nitrogen and oxygen atoms in total. The minimum Gasteiger partial charge on any atom is -0.497 e. The first-order valence-corrected chi connectivity index (χ1v) is 10.2. The van der Waals surface area contributed by atoms with Crippen molar-refractivity contribution in [2.75, 3.05) is 25.7 Å². The number of carbonyl (C=O) groups excluding carboxylic acids is 1. The highest BCUT2D eigenvalue weighted by Gasteiger charge is 2.19. The van der Waals surface area contributed by atoms with Crippen LogP contribution < -0.4 is 14.4 Å². The topological polar surface area (TPSA) is 51.7 Å². The first-order chi connectivity index (χ1) is 14.2. The molecule has 0 atom stereocenters. The molecule has 3 aromatic rings. The summed E-state index contributed by atoms with van der Waals surface area (Å²) in [6.45, 7) is 4.20. The van der Waals surface area contributed by atoms with Crippen LogP contribution >= 0.6 is 11.3 Å². The van der Waals surface area contributed by atoms with E-state index in [0.29, 0.717) is 24.5 Å². The van der Waals surface area contributed by atoms with Crippen molar-refractivity contribution in [1.82, 2.24) is 4.98 Å². The lowest BCUT2D eigenvalue weighted by atomic mass is 10.1. The molecule has 0 unspecified atom stereocenters. The molecular formula is C23H24N2O3S. The van der Waals surface area contributed by atoms with E-state index in [2.05, 4.69) is 11.6 Å². The summed E-state index contributed by atoms with van der Waals surface area (Å²) in [5.41, 5.74) is 2.83. The molecule has 1 amide bonds. The minimum absolute atomic E-state index is 0.0104. The third-order valence-corrected chi connectivity index (χ3v) is 5.36. The smallest absolute Gasteiger partial charge is 0.229 e. The Bertz CT molecular complexity index is 969. The zero-order chi connectivity index (χ0) is 20.6. The number of thiazole rings is 1. The number of ether oxygens (including phenoxy) is 2. The Morgan fingerprint density at radius 2 is 1.97 bits per heavy atom. The summed E-state index contributed by atoms with van der Waals surface area (Å²) >= 11 is 1.46. The maximum atomic E-state index is 13.0. The molecule has 0 saturated carbocycles. The molecule has 0 aliphatic carbocycles. The monoisotopic (exact) mass is 408 g/mol. The Hall–Kier alpha value is -3.12. The number of aryl methyl sites for hydroxylation is 1. The van der Waals surface area contributed by atoms with Gasteiger partial charge in [0.25, 0.3) is 0 Å². The fourth-order valence-corrected chi connectivity index (χ4v) is 3.86. The van der Waals surface area contributed by atoms with Crippen molar-refractivity contribution in [2.24, 2.45) is 0 Å². The van der Waals surface area contributed by atoms with Crippen molar-refractivity contribution in [3.63, 3.8) is 0 Å². The van der Waals surface area contributed by atoms with Gasteiger partial charge in [-0.2, -0.15) is 0 Å². The quantitative estimate of drug-likeness (QED) is 0.469. The van der Waals surface area contributed by atoms with Crippen LogP contribution in [0.3, 0.4) is 0 Å². The van der Waals surface area contributed by atoms with Gasteiger partial charge in [-0.1, -0.05) is 36.4 Å². The Labute approximate surface area is 175 Å². The van der Waals surface area contributed by atoms with Gasteiger partial charge in [0.2, 0.25) is 5.91 Å². The van der Waals surface area contributed by atoms with E-state index in [1.165, 1.54) is 11.3 Å². The summed E-state index contributed by atoms with van der Waals surface area (Å²) in [4.78, 5) is 19.3. The minimum atomic E-state index is -0.0104. The van der Waals surface area contributed by atoms with Gasteiger partial charge in [-0.3, -0.25) is 9.69 Å². The molecule has 2 aromatic carbocycles. The molecule has 150 valence electrons. The van der Waals surface area contributed by atoms with Crippen molar-refractivity contribution in [3.05, 3.63) is 72.1 Å². The van der Waals surface area contributed by atoms with Crippen LogP contribution in [0.5, 0.6) is 11.5 Å². The fourth-order valence-electron chi connectivity index (χ4n) is 3.00. The predicted molar refractivity (Wildman–Crippen MR) is 118 cm³/mol. The van der Waals surface area contributed by atoms with Gasteiger partial charge < -0.3 is 9.47 Å². The number of nitrogens with zero attached hydrogens (tertiary/aromatic N) is 2. The molecule has 29 heavy (non-hydrogen) atoms. The molecule has 0 bridgehead atoms. The van der Waals surface area contributed by atoms with E-state index < -0.39 is 0 Å². The molecule has 1 aromatic heterocycles. The van der Waals surface area contributed by atoms with Gasteiger partial charge in [0.15, 0.2) is 5.13 Å². The van der Waals surface area contributed by atoms with Crippen LogP contribution in [0, 0.1) is 0 Å². The number of aromatic nitrogens is 1. The molecule has 0 N–H and O–H groups in total. The second-order valence-corrected chi connectivity index (χ2v) is 7.19. The first kappa shape index (κ1) is 20.6. The SMILES string of the molecule is C=CCN(C(=O)CCc1cc(OC)ccc1OC)c1nc(-c2ccccc2)cs1. The maximum Gasteiger partial charge on any atom is 0.229 e.